The number of amides is 1. The van der Waals surface area contributed by atoms with E-state index < -0.39 is 5.41 Å². The molecule has 7 rings (SSSR count). The Morgan fingerprint density at radius 1 is 1.03 bits per heavy atom. The van der Waals surface area contributed by atoms with Crippen LogP contribution in [-0.4, -0.2) is 42.5 Å². The summed E-state index contributed by atoms with van der Waals surface area (Å²) >= 11 is 0. The molecule has 1 saturated heterocycles. The van der Waals surface area contributed by atoms with Gasteiger partial charge in [0.2, 0.25) is 5.91 Å². The summed E-state index contributed by atoms with van der Waals surface area (Å²) in [6.07, 6.45) is 3.53. The predicted molar refractivity (Wildman–Crippen MR) is 135 cm³/mol. The quantitative estimate of drug-likeness (QED) is 0.520. The van der Waals surface area contributed by atoms with Gasteiger partial charge in [-0.3, -0.25) is 14.5 Å². The van der Waals surface area contributed by atoms with Crippen LogP contribution in [0.5, 0.6) is 0 Å². The summed E-state index contributed by atoms with van der Waals surface area (Å²) in [5, 5.41) is 2.77. The summed E-state index contributed by atoms with van der Waals surface area (Å²) in [5.74, 6) is -0.478. The summed E-state index contributed by atoms with van der Waals surface area (Å²) in [5.41, 5.74) is 4.22. The molecule has 178 valence electrons. The lowest BCUT2D eigenvalue weighted by Gasteiger charge is -2.40. The molecule has 0 bridgehead atoms. The van der Waals surface area contributed by atoms with Crippen molar-refractivity contribution in [3.05, 3.63) is 77.4 Å². The number of nitrogens with zero attached hydrogens (tertiary/aromatic N) is 2. The summed E-state index contributed by atoms with van der Waals surface area (Å²) in [7, 11) is 0. The number of rotatable bonds is 4. The standard InChI is InChI=1S/C30H30N2O3/c1-2-35-28(33)24-18-30(24)23-11-3-4-12-25(23)32(29(30)34)21-13-15-31(16-14-21)26-17-20-9-5-7-19-8-6-10-22(26)27(19)20/h3-12,21,24,26H,2,13-18H2,1H3. The second-order valence-corrected chi connectivity index (χ2v) is 10.5. The molecule has 0 radical (unpaired) electrons. The number of hydrogen-bond acceptors (Lipinski definition) is 4. The van der Waals surface area contributed by atoms with Crippen LogP contribution < -0.4 is 4.90 Å². The van der Waals surface area contributed by atoms with E-state index in [1.54, 1.807) is 0 Å². The zero-order valence-electron chi connectivity index (χ0n) is 20.1. The number of hydrogen-bond donors (Lipinski definition) is 0. The third-order valence-electron chi connectivity index (χ3n) is 8.88. The summed E-state index contributed by atoms with van der Waals surface area (Å²) < 4.78 is 5.30. The molecule has 5 nitrogen and oxygen atoms in total. The Labute approximate surface area is 205 Å². The molecular weight excluding hydrogens is 436 g/mol. The van der Waals surface area contributed by atoms with Crippen LogP contribution in [0.25, 0.3) is 10.8 Å². The first-order chi connectivity index (χ1) is 17.1. The van der Waals surface area contributed by atoms with Gasteiger partial charge >= 0.3 is 5.97 Å². The molecule has 2 aliphatic heterocycles. The molecule has 4 aliphatic rings. The smallest absolute Gasteiger partial charge is 0.310 e. The summed E-state index contributed by atoms with van der Waals surface area (Å²) in [4.78, 5) is 31.1. The second kappa shape index (κ2) is 7.66. The first-order valence-electron chi connectivity index (χ1n) is 13.0. The molecule has 1 spiro atoms. The highest BCUT2D eigenvalue weighted by Crippen LogP contribution is 2.62. The highest BCUT2D eigenvalue weighted by Gasteiger charge is 2.70. The van der Waals surface area contributed by atoms with E-state index >= 15 is 0 Å². The van der Waals surface area contributed by atoms with Gasteiger partial charge < -0.3 is 9.64 Å². The number of benzene rings is 3. The molecule has 5 heteroatoms. The van der Waals surface area contributed by atoms with Gasteiger partial charge in [0.25, 0.3) is 0 Å². The van der Waals surface area contributed by atoms with Gasteiger partial charge in [-0.15, -0.1) is 0 Å². The molecule has 3 unspecified atom stereocenters. The molecular formula is C30H30N2O3. The van der Waals surface area contributed by atoms with E-state index in [0.717, 1.165) is 43.6 Å². The molecule has 2 fully saturated rings. The number of piperidine rings is 1. The van der Waals surface area contributed by atoms with Gasteiger partial charge in [-0.25, -0.2) is 0 Å². The third-order valence-corrected chi connectivity index (χ3v) is 8.88. The van der Waals surface area contributed by atoms with Crippen molar-refractivity contribution < 1.29 is 14.3 Å². The van der Waals surface area contributed by atoms with Crippen LogP contribution in [0.2, 0.25) is 0 Å². The number of para-hydroxylation sites is 1. The van der Waals surface area contributed by atoms with Crippen molar-refractivity contribution in [2.75, 3.05) is 24.6 Å². The van der Waals surface area contributed by atoms with Crippen LogP contribution in [0.4, 0.5) is 5.69 Å². The topological polar surface area (TPSA) is 49.9 Å². The Kier molecular flexibility index (Phi) is 4.62. The van der Waals surface area contributed by atoms with Crippen molar-refractivity contribution in [1.82, 2.24) is 4.90 Å². The van der Waals surface area contributed by atoms with Crippen LogP contribution in [0.15, 0.2) is 60.7 Å². The maximum atomic E-state index is 13.9. The molecule has 35 heavy (non-hydrogen) atoms. The highest BCUT2D eigenvalue weighted by molar-refractivity contribution is 6.14. The van der Waals surface area contributed by atoms with Crippen molar-refractivity contribution >= 4 is 28.3 Å². The fourth-order valence-electron chi connectivity index (χ4n) is 7.18. The monoisotopic (exact) mass is 466 g/mol. The number of esters is 1. The number of carbonyl (C=O) groups excluding carboxylic acids is 2. The van der Waals surface area contributed by atoms with E-state index in [1.165, 1.54) is 21.9 Å². The molecule has 3 aromatic rings. The second-order valence-electron chi connectivity index (χ2n) is 10.5. The SMILES string of the molecule is CCOC(=O)C1CC12C(=O)N(C1CCN(C3Cc4cccc5cccc3c45)CC1)c1ccccc12. The molecule has 2 heterocycles. The van der Waals surface area contributed by atoms with Crippen molar-refractivity contribution in [1.29, 1.82) is 0 Å². The molecule has 0 N–H and O–H groups in total. The zero-order chi connectivity index (χ0) is 23.7. The zero-order valence-corrected chi connectivity index (χ0v) is 20.1. The van der Waals surface area contributed by atoms with Gasteiger partial charge in [0, 0.05) is 30.9 Å². The minimum Gasteiger partial charge on any atom is -0.466 e. The predicted octanol–water partition coefficient (Wildman–Crippen LogP) is 4.77. The van der Waals surface area contributed by atoms with Crippen LogP contribution >= 0.6 is 0 Å². The molecule has 1 saturated carbocycles. The van der Waals surface area contributed by atoms with Gasteiger partial charge in [-0.1, -0.05) is 54.6 Å². The van der Waals surface area contributed by atoms with E-state index in [9.17, 15) is 9.59 Å². The Bertz CT molecular complexity index is 1350. The van der Waals surface area contributed by atoms with Crippen molar-refractivity contribution in [3.8, 4) is 0 Å². The number of anilines is 1. The van der Waals surface area contributed by atoms with Crippen LogP contribution in [-0.2, 0) is 26.2 Å². The van der Waals surface area contributed by atoms with Crippen molar-refractivity contribution in [3.63, 3.8) is 0 Å². The number of likely N-dealkylation sites (tertiary alicyclic amines) is 1. The van der Waals surface area contributed by atoms with Gasteiger partial charge in [0.15, 0.2) is 0 Å². The lowest BCUT2D eigenvalue weighted by atomic mass is 9.95. The number of ether oxygens (including phenoxy) is 1. The molecule has 0 aromatic heterocycles. The number of carbonyl (C=O) groups is 2. The Morgan fingerprint density at radius 2 is 1.80 bits per heavy atom. The van der Waals surface area contributed by atoms with Crippen molar-refractivity contribution in [2.45, 2.75) is 50.1 Å². The maximum Gasteiger partial charge on any atom is 0.310 e. The lowest BCUT2D eigenvalue weighted by molar-refractivity contribution is -0.146. The summed E-state index contributed by atoms with van der Waals surface area (Å²) in [6, 6.07) is 22.0. The third kappa shape index (κ3) is 2.91. The fraction of sp³-hybridized carbons (Fsp3) is 0.400. The van der Waals surface area contributed by atoms with Crippen LogP contribution in [0, 0.1) is 5.92 Å². The van der Waals surface area contributed by atoms with Crippen LogP contribution in [0.3, 0.4) is 0 Å². The van der Waals surface area contributed by atoms with Crippen molar-refractivity contribution in [2.24, 2.45) is 5.92 Å². The largest absolute Gasteiger partial charge is 0.466 e. The first-order valence-corrected chi connectivity index (χ1v) is 13.0. The maximum absolute atomic E-state index is 13.9. The summed E-state index contributed by atoms with van der Waals surface area (Å²) in [6.45, 7) is 4.11. The lowest BCUT2D eigenvalue weighted by Crippen LogP contribution is -2.48. The van der Waals surface area contributed by atoms with Gasteiger partial charge in [0.05, 0.1) is 17.9 Å². The Balaban J connectivity index is 1.12. The van der Waals surface area contributed by atoms with E-state index in [-0.39, 0.29) is 23.8 Å². The molecule has 3 aromatic carbocycles. The van der Waals surface area contributed by atoms with Gasteiger partial charge in [0.1, 0.15) is 0 Å². The minimum atomic E-state index is -0.706. The average molecular weight is 467 g/mol. The van der Waals surface area contributed by atoms with Gasteiger partial charge in [-0.05, 0) is 66.1 Å². The highest BCUT2D eigenvalue weighted by atomic mass is 16.5. The van der Waals surface area contributed by atoms with E-state index in [4.69, 9.17) is 4.74 Å². The van der Waals surface area contributed by atoms with E-state index in [1.807, 2.05) is 30.0 Å². The fourth-order valence-corrected chi connectivity index (χ4v) is 7.18. The Morgan fingerprint density at radius 3 is 2.60 bits per heavy atom. The van der Waals surface area contributed by atoms with Crippen LogP contribution in [0.1, 0.15) is 48.9 Å². The van der Waals surface area contributed by atoms with Gasteiger partial charge in [-0.2, -0.15) is 0 Å². The molecule has 3 atom stereocenters. The molecule has 2 aliphatic carbocycles. The number of fused-ring (bicyclic) bond motifs is 2. The average Bonchev–Trinajstić information content (AvgIpc) is 3.47. The van der Waals surface area contributed by atoms with E-state index in [0.29, 0.717) is 19.1 Å². The minimum absolute atomic E-state index is 0.105. The van der Waals surface area contributed by atoms with E-state index in [2.05, 4.69) is 47.4 Å². The molecule has 1 amide bonds. The first kappa shape index (κ1) is 21.1. The Hall–Kier alpha value is -3.18. The normalized spacial score (nSPS) is 27.6.